The quantitative estimate of drug-likeness (QED) is 0.677. The third kappa shape index (κ3) is 3.90. The predicted octanol–water partition coefficient (Wildman–Crippen LogP) is 3.89. The van der Waals surface area contributed by atoms with Gasteiger partial charge in [-0.25, -0.2) is 22.2 Å². The van der Waals surface area contributed by atoms with E-state index in [-0.39, 0.29) is 16.5 Å². The highest BCUT2D eigenvalue weighted by molar-refractivity contribution is 7.91. The fourth-order valence-corrected chi connectivity index (χ4v) is 4.32. The van der Waals surface area contributed by atoms with Crippen LogP contribution in [0.3, 0.4) is 0 Å². The van der Waals surface area contributed by atoms with Gasteiger partial charge in [0.05, 0.1) is 4.90 Å². The zero-order valence-corrected chi connectivity index (χ0v) is 16.9. The van der Waals surface area contributed by atoms with Crippen LogP contribution in [0, 0.1) is 11.6 Å². The second-order valence-electron chi connectivity index (χ2n) is 5.88. The molecule has 27 heavy (non-hydrogen) atoms. The number of pyridine rings is 1. The van der Waals surface area contributed by atoms with E-state index in [4.69, 9.17) is 0 Å². The summed E-state index contributed by atoms with van der Waals surface area (Å²) < 4.78 is 56.6. The Bertz CT molecular complexity index is 845. The summed E-state index contributed by atoms with van der Waals surface area (Å²) in [5.74, 6) is -2.62. The van der Waals surface area contributed by atoms with Crippen molar-refractivity contribution in [2.24, 2.45) is 0 Å². The maximum absolute atomic E-state index is 15.2. The molecule has 5 nitrogen and oxygen atoms in total. The molecule has 0 bridgehead atoms. The van der Waals surface area contributed by atoms with Crippen LogP contribution >= 0.6 is 0 Å². The zero-order chi connectivity index (χ0) is 20.2. The van der Waals surface area contributed by atoms with Crippen LogP contribution in [0.2, 0.25) is 0 Å². The van der Waals surface area contributed by atoms with E-state index in [1.807, 2.05) is 0 Å². The second-order valence-corrected chi connectivity index (χ2v) is 7.76. The maximum atomic E-state index is 15.2. The van der Waals surface area contributed by atoms with Crippen molar-refractivity contribution < 1.29 is 17.2 Å². The summed E-state index contributed by atoms with van der Waals surface area (Å²) in [5.41, 5.74) is 0. The largest absolute Gasteiger partial charge is 0.355 e. The van der Waals surface area contributed by atoms with Crippen molar-refractivity contribution in [2.75, 3.05) is 36.0 Å². The monoisotopic (exact) mass is 397 g/mol. The van der Waals surface area contributed by atoms with Gasteiger partial charge in [-0.3, -0.25) is 0 Å². The Balaban J connectivity index is 2.87. The molecule has 8 heteroatoms. The number of halogens is 2. The molecule has 0 N–H and O–H groups in total. The maximum Gasteiger partial charge on any atom is 0.212 e. The number of hydrogen-bond acceptors (Lipinski definition) is 5. The molecule has 0 saturated carbocycles. The molecule has 1 aromatic carbocycles. The Labute approximate surface area is 159 Å². The van der Waals surface area contributed by atoms with Crippen LogP contribution in [0.4, 0.5) is 20.4 Å². The number of hydrogen-bond donors (Lipinski definition) is 0. The van der Waals surface area contributed by atoms with Gasteiger partial charge in [0.25, 0.3) is 0 Å². The van der Waals surface area contributed by atoms with Crippen LogP contribution in [-0.2, 0) is 9.84 Å². The Morgan fingerprint density at radius 1 is 0.815 bits per heavy atom. The number of aromatic nitrogens is 1. The van der Waals surface area contributed by atoms with E-state index in [1.165, 1.54) is 24.3 Å². The van der Waals surface area contributed by atoms with Crippen molar-refractivity contribution in [3.8, 4) is 0 Å². The number of rotatable bonds is 8. The van der Waals surface area contributed by atoms with E-state index in [9.17, 15) is 8.42 Å². The summed E-state index contributed by atoms with van der Waals surface area (Å²) in [6, 6.07) is 7.31. The molecule has 0 atom stereocenters. The molecule has 1 heterocycles. The molecule has 148 valence electrons. The molecule has 0 unspecified atom stereocenters. The summed E-state index contributed by atoms with van der Waals surface area (Å²) in [7, 11) is -4.39. The van der Waals surface area contributed by atoms with Gasteiger partial charge in [0.2, 0.25) is 9.84 Å². The topological polar surface area (TPSA) is 53.5 Å². The SMILES string of the molecule is CCN(CC)c1nc(N(CC)CC)c(F)c(S(=O)(=O)c2ccccc2)c1F. The normalized spacial score (nSPS) is 11.5. The molecular formula is C19H25F2N3O2S. The van der Waals surface area contributed by atoms with Crippen LogP contribution in [0.25, 0.3) is 0 Å². The summed E-state index contributed by atoms with van der Waals surface area (Å²) >= 11 is 0. The van der Waals surface area contributed by atoms with Crippen LogP contribution in [-0.4, -0.2) is 39.6 Å². The lowest BCUT2D eigenvalue weighted by atomic mass is 10.3. The highest BCUT2D eigenvalue weighted by atomic mass is 32.2. The summed E-state index contributed by atoms with van der Waals surface area (Å²) in [4.78, 5) is 6.20. The van der Waals surface area contributed by atoms with Crippen molar-refractivity contribution in [1.82, 2.24) is 4.98 Å². The minimum atomic E-state index is -4.39. The first-order valence-electron chi connectivity index (χ1n) is 9.02. The molecule has 0 aliphatic carbocycles. The van der Waals surface area contributed by atoms with Gasteiger partial charge >= 0.3 is 0 Å². The third-order valence-corrected chi connectivity index (χ3v) is 6.24. The fraction of sp³-hybridized carbons (Fsp3) is 0.421. The van der Waals surface area contributed by atoms with Gasteiger partial charge in [-0.1, -0.05) is 18.2 Å². The first-order valence-corrected chi connectivity index (χ1v) is 10.5. The third-order valence-electron chi connectivity index (χ3n) is 4.45. The minimum Gasteiger partial charge on any atom is -0.355 e. The number of anilines is 2. The average molecular weight is 397 g/mol. The molecule has 0 radical (unpaired) electrons. The van der Waals surface area contributed by atoms with E-state index in [1.54, 1.807) is 43.6 Å². The Hall–Kier alpha value is -2.22. The molecule has 0 fully saturated rings. The van der Waals surface area contributed by atoms with Gasteiger partial charge < -0.3 is 9.80 Å². The highest BCUT2D eigenvalue weighted by Gasteiger charge is 2.33. The lowest BCUT2D eigenvalue weighted by Gasteiger charge is -2.26. The molecule has 0 spiro atoms. The second kappa shape index (κ2) is 8.65. The summed E-state index contributed by atoms with van der Waals surface area (Å²) in [6.07, 6.45) is 0. The minimum absolute atomic E-state index is 0.155. The van der Waals surface area contributed by atoms with Gasteiger partial charge in [-0.15, -0.1) is 0 Å². The molecular weight excluding hydrogens is 372 g/mol. The van der Waals surface area contributed by atoms with Crippen molar-refractivity contribution >= 4 is 21.5 Å². The molecule has 0 saturated heterocycles. The highest BCUT2D eigenvalue weighted by Crippen LogP contribution is 2.35. The van der Waals surface area contributed by atoms with Crippen molar-refractivity contribution in [3.05, 3.63) is 42.0 Å². The summed E-state index contributed by atoms with van der Waals surface area (Å²) in [6.45, 7) is 8.85. The Kier molecular flexibility index (Phi) is 6.75. The van der Waals surface area contributed by atoms with Gasteiger partial charge in [0, 0.05) is 26.2 Å². The zero-order valence-electron chi connectivity index (χ0n) is 16.0. The molecule has 1 aromatic heterocycles. The smallest absolute Gasteiger partial charge is 0.212 e. The molecule has 0 aliphatic rings. The van der Waals surface area contributed by atoms with Crippen LogP contribution < -0.4 is 9.80 Å². The van der Waals surface area contributed by atoms with Crippen LogP contribution in [0.5, 0.6) is 0 Å². The Morgan fingerprint density at radius 2 is 1.22 bits per heavy atom. The van der Waals surface area contributed by atoms with E-state index in [0.717, 1.165) is 0 Å². The number of sulfone groups is 1. The van der Waals surface area contributed by atoms with Crippen molar-refractivity contribution in [1.29, 1.82) is 0 Å². The lowest BCUT2D eigenvalue weighted by molar-refractivity contribution is 0.506. The van der Waals surface area contributed by atoms with E-state index < -0.39 is 26.4 Å². The van der Waals surface area contributed by atoms with E-state index in [2.05, 4.69) is 4.98 Å². The van der Waals surface area contributed by atoms with Gasteiger partial charge in [-0.05, 0) is 39.8 Å². The Morgan fingerprint density at radius 3 is 1.59 bits per heavy atom. The first kappa shape index (κ1) is 21.1. The lowest BCUT2D eigenvalue weighted by Crippen LogP contribution is -2.30. The van der Waals surface area contributed by atoms with Crippen LogP contribution in [0.15, 0.2) is 40.1 Å². The van der Waals surface area contributed by atoms with E-state index >= 15 is 8.78 Å². The average Bonchev–Trinajstić information content (AvgIpc) is 2.67. The number of nitrogens with zero attached hydrogens (tertiary/aromatic N) is 3. The van der Waals surface area contributed by atoms with Gasteiger partial charge in [0.15, 0.2) is 28.2 Å². The fourth-order valence-electron chi connectivity index (χ4n) is 2.92. The van der Waals surface area contributed by atoms with Gasteiger partial charge in [-0.2, -0.15) is 0 Å². The summed E-state index contributed by atoms with van der Waals surface area (Å²) in [5, 5.41) is 0. The van der Waals surface area contributed by atoms with Gasteiger partial charge in [0.1, 0.15) is 0 Å². The van der Waals surface area contributed by atoms with Crippen molar-refractivity contribution in [2.45, 2.75) is 37.5 Å². The molecule has 2 aromatic rings. The first-order chi connectivity index (χ1) is 12.8. The number of benzene rings is 1. The standard InChI is InChI=1S/C19H25F2N3O2S/c1-5-23(6-2)18-15(20)17(16(21)19(22-18)24(7-3)8-4)27(25,26)14-12-10-9-11-13-14/h9-13H,5-8H2,1-4H3. The molecule has 2 rings (SSSR count). The molecule has 0 amide bonds. The predicted molar refractivity (Wildman–Crippen MR) is 103 cm³/mol. The van der Waals surface area contributed by atoms with Crippen molar-refractivity contribution in [3.63, 3.8) is 0 Å². The van der Waals surface area contributed by atoms with E-state index in [0.29, 0.717) is 26.2 Å². The molecule has 0 aliphatic heterocycles. The van der Waals surface area contributed by atoms with Crippen LogP contribution in [0.1, 0.15) is 27.7 Å².